The van der Waals surface area contributed by atoms with Crippen LogP contribution >= 0.6 is 0 Å². The molecule has 1 aromatic heterocycles. The van der Waals surface area contributed by atoms with Crippen molar-refractivity contribution in [3.05, 3.63) is 58.7 Å². The molecule has 0 aliphatic rings. The summed E-state index contributed by atoms with van der Waals surface area (Å²) in [5.41, 5.74) is 2.92. The molecular formula is C14H14N2O2. The number of hydrogen-bond donors (Lipinski definition) is 1. The number of aromatic carboxylic acids is 1. The number of carbonyl (C=O) groups is 1. The molecule has 0 aliphatic carbocycles. The van der Waals surface area contributed by atoms with E-state index in [0.717, 1.165) is 11.1 Å². The maximum Gasteiger partial charge on any atom is 0.354 e. The van der Waals surface area contributed by atoms with Crippen LogP contribution in [-0.2, 0) is 6.42 Å². The number of nitrogens with zero attached hydrogens (tertiary/aromatic N) is 2. The first-order valence-electron chi connectivity index (χ1n) is 5.68. The van der Waals surface area contributed by atoms with Crippen LogP contribution in [0.25, 0.3) is 0 Å². The molecule has 0 fully saturated rings. The Morgan fingerprint density at radius 3 is 2.61 bits per heavy atom. The van der Waals surface area contributed by atoms with E-state index in [1.807, 2.05) is 31.2 Å². The van der Waals surface area contributed by atoms with Crippen LogP contribution in [0.1, 0.15) is 33.0 Å². The fourth-order valence-electron chi connectivity index (χ4n) is 1.76. The summed E-state index contributed by atoms with van der Waals surface area (Å²) in [6.07, 6.45) is 2.11. The third kappa shape index (κ3) is 2.53. The molecule has 0 spiro atoms. The molecule has 0 atom stereocenters. The molecule has 18 heavy (non-hydrogen) atoms. The molecule has 4 heteroatoms. The number of hydrogen-bond acceptors (Lipinski definition) is 3. The average Bonchev–Trinajstić information content (AvgIpc) is 2.34. The zero-order valence-corrected chi connectivity index (χ0v) is 10.3. The molecular weight excluding hydrogens is 228 g/mol. The first kappa shape index (κ1) is 12.2. The standard InChI is InChI=1S/C14H14N2O2/c1-9-5-3-4-6-11(9)7-12-15-8-10(2)13(16-12)14(17)18/h3-6,8H,7H2,1-2H3,(H,17,18). The highest BCUT2D eigenvalue weighted by molar-refractivity contribution is 5.86. The van der Waals surface area contributed by atoms with Crippen LogP contribution in [-0.4, -0.2) is 21.0 Å². The lowest BCUT2D eigenvalue weighted by Gasteiger charge is -2.06. The lowest BCUT2D eigenvalue weighted by Crippen LogP contribution is -2.08. The number of benzene rings is 1. The monoisotopic (exact) mass is 242 g/mol. The number of rotatable bonds is 3. The lowest BCUT2D eigenvalue weighted by molar-refractivity contribution is 0.0689. The van der Waals surface area contributed by atoms with Gasteiger partial charge in [-0.15, -0.1) is 0 Å². The molecule has 2 aromatic rings. The first-order chi connectivity index (χ1) is 8.58. The molecule has 0 saturated carbocycles. The molecule has 1 aromatic carbocycles. The van der Waals surface area contributed by atoms with Crippen molar-refractivity contribution in [2.45, 2.75) is 20.3 Å². The van der Waals surface area contributed by atoms with Gasteiger partial charge in [0, 0.05) is 18.2 Å². The van der Waals surface area contributed by atoms with Gasteiger partial charge >= 0.3 is 5.97 Å². The Morgan fingerprint density at radius 1 is 1.22 bits per heavy atom. The second kappa shape index (κ2) is 4.96. The van der Waals surface area contributed by atoms with E-state index in [4.69, 9.17) is 5.11 Å². The van der Waals surface area contributed by atoms with Gasteiger partial charge in [-0.1, -0.05) is 24.3 Å². The van der Waals surface area contributed by atoms with Gasteiger partial charge in [-0.3, -0.25) is 0 Å². The Hall–Kier alpha value is -2.23. The van der Waals surface area contributed by atoms with Gasteiger partial charge in [0.1, 0.15) is 5.82 Å². The highest BCUT2D eigenvalue weighted by Crippen LogP contribution is 2.12. The third-order valence-corrected chi connectivity index (χ3v) is 2.83. The van der Waals surface area contributed by atoms with Crippen LogP contribution in [0, 0.1) is 13.8 Å². The van der Waals surface area contributed by atoms with E-state index >= 15 is 0 Å². The zero-order valence-electron chi connectivity index (χ0n) is 10.3. The van der Waals surface area contributed by atoms with Gasteiger partial charge in [-0.25, -0.2) is 14.8 Å². The maximum absolute atomic E-state index is 11.0. The van der Waals surface area contributed by atoms with Gasteiger partial charge in [0.2, 0.25) is 0 Å². The van der Waals surface area contributed by atoms with Crippen molar-refractivity contribution in [2.24, 2.45) is 0 Å². The van der Waals surface area contributed by atoms with Crippen LogP contribution < -0.4 is 0 Å². The summed E-state index contributed by atoms with van der Waals surface area (Å²) in [5.74, 6) is -0.478. The van der Waals surface area contributed by atoms with Gasteiger partial charge in [-0.05, 0) is 25.0 Å². The van der Waals surface area contributed by atoms with Crippen LogP contribution in [0.5, 0.6) is 0 Å². The number of carboxylic acids is 1. The topological polar surface area (TPSA) is 63.1 Å². The Kier molecular flexibility index (Phi) is 3.37. The zero-order chi connectivity index (χ0) is 13.1. The highest BCUT2D eigenvalue weighted by atomic mass is 16.4. The minimum absolute atomic E-state index is 0.0774. The fraction of sp³-hybridized carbons (Fsp3) is 0.214. The number of carboxylic acid groups (broad SMARTS) is 1. The van der Waals surface area contributed by atoms with Crippen LogP contribution in [0.2, 0.25) is 0 Å². The predicted molar refractivity (Wildman–Crippen MR) is 67.7 cm³/mol. The summed E-state index contributed by atoms with van der Waals surface area (Å²) < 4.78 is 0. The van der Waals surface area contributed by atoms with E-state index < -0.39 is 5.97 Å². The summed E-state index contributed by atoms with van der Waals surface area (Å²) >= 11 is 0. The van der Waals surface area contributed by atoms with Crippen molar-refractivity contribution in [3.8, 4) is 0 Å². The van der Waals surface area contributed by atoms with Crippen molar-refractivity contribution in [2.75, 3.05) is 0 Å². The van der Waals surface area contributed by atoms with Crippen molar-refractivity contribution >= 4 is 5.97 Å². The molecule has 0 amide bonds. The number of aromatic nitrogens is 2. The summed E-state index contributed by atoms with van der Waals surface area (Å²) in [6, 6.07) is 7.94. The van der Waals surface area contributed by atoms with Crippen molar-refractivity contribution in [1.82, 2.24) is 9.97 Å². The molecule has 0 radical (unpaired) electrons. The van der Waals surface area contributed by atoms with Gasteiger partial charge in [-0.2, -0.15) is 0 Å². The normalized spacial score (nSPS) is 10.3. The molecule has 0 aliphatic heterocycles. The van der Waals surface area contributed by atoms with Gasteiger partial charge in [0.05, 0.1) is 0 Å². The second-order valence-corrected chi connectivity index (χ2v) is 4.23. The third-order valence-electron chi connectivity index (χ3n) is 2.83. The molecule has 1 heterocycles. The molecule has 0 bridgehead atoms. The minimum Gasteiger partial charge on any atom is -0.477 e. The highest BCUT2D eigenvalue weighted by Gasteiger charge is 2.11. The van der Waals surface area contributed by atoms with Crippen LogP contribution in [0.4, 0.5) is 0 Å². The fourth-order valence-corrected chi connectivity index (χ4v) is 1.76. The Bertz CT molecular complexity index is 594. The van der Waals surface area contributed by atoms with Crippen LogP contribution in [0.15, 0.2) is 30.5 Å². The van der Waals surface area contributed by atoms with E-state index in [0.29, 0.717) is 17.8 Å². The molecule has 0 unspecified atom stereocenters. The van der Waals surface area contributed by atoms with E-state index in [9.17, 15) is 4.79 Å². The Morgan fingerprint density at radius 2 is 1.94 bits per heavy atom. The molecule has 4 nitrogen and oxygen atoms in total. The van der Waals surface area contributed by atoms with E-state index in [1.54, 1.807) is 13.1 Å². The summed E-state index contributed by atoms with van der Waals surface area (Å²) in [4.78, 5) is 19.3. The second-order valence-electron chi connectivity index (χ2n) is 4.23. The van der Waals surface area contributed by atoms with E-state index in [2.05, 4.69) is 9.97 Å². The van der Waals surface area contributed by atoms with Crippen LogP contribution in [0.3, 0.4) is 0 Å². The van der Waals surface area contributed by atoms with E-state index in [-0.39, 0.29) is 5.69 Å². The van der Waals surface area contributed by atoms with Crippen molar-refractivity contribution in [1.29, 1.82) is 0 Å². The summed E-state index contributed by atoms with van der Waals surface area (Å²) in [6.45, 7) is 3.71. The molecule has 0 saturated heterocycles. The smallest absolute Gasteiger partial charge is 0.354 e. The SMILES string of the molecule is Cc1ccccc1Cc1ncc(C)c(C(=O)O)n1. The molecule has 1 N–H and O–H groups in total. The van der Waals surface area contributed by atoms with E-state index in [1.165, 1.54) is 0 Å². The van der Waals surface area contributed by atoms with Gasteiger partial charge in [0.15, 0.2) is 5.69 Å². The minimum atomic E-state index is -1.01. The quantitative estimate of drug-likeness (QED) is 0.897. The van der Waals surface area contributed by atoms with Gasteiger partial charge in [0.25, 0.3) is 0 Å². The maximum atomic E-state index is 11.0. The number of aryl methyl sites for hydroxylation is 2. The first-order valence-corrected chi connectivity index (χ1v) is 5.68. The predicted octanol–water partition coefficient (Wildman–Crippen LogP) is 2.38. The van der Waals surface area contributed by atoms with Crippen molar-refractivity contribution < 1.29 is 9.90 Å². The molecule has 92 valence electrons. The lowest BCUT2D eigenvalue weighted by atomic mass is 10.1. The summed E-state index contributed by atoms with van der Waals surface area (Å²) in [5, 5.41) is 9.02. The average molecular weight is 242 g/mol. The summed E-state index contributed by atoms with van der Waals surface area (Å²) in [7, 11) is 0. The Labute approximate surface area is 105 Å². The van der Waals surface area contributed by atoms with Crippen molar-refractivity contribution in [3.63, 3.8) is 0 Å². The molecule has 2 rings (SSSR count). The Balaban J connectivity index is 2.33. The largest absolute Gasteiger partial charge is 0.477 e. The van der Waals surface area contributed by atoms with Gasteiger partial charge < -0.3 is 5.11 Å².